The van der Waals surface area contributed by atoms with Crippen LogP contribution in [0.3, 0.4) is 0 Å². The van der Waals surface area contributed by atoms with Gasteiger partial charge in [0.2, 0.25) is 0 Å². The molecule has 1 unspecified atom stereocenters. The molecular formula is C18H25NO5. The first-order valence-corrected chi connectivity index (χ1v) is 7.65. The molecule has 0 saturated heterocycles. The predicted octanol–water partition coefficient (Wildman–Crippen LogP) is 3.21. The van der Waals surface area contributed by atoms with E-state index in [-0.39, 0.29) is 13.0 Å². The monoisotopic (exact) mass is 335 g/mol. The third-order valence-corrected chi connectivity index (χ3v) is 2.92. The molecule has 0 saturated carbocycles. The highest BCUT2D eigenvalue weighted by molar-refractivity contribution is 5.81. The molecule has 0 heterocycles. The summed E-state index contributed by atoms with van der Waals surface area (Å²) >= 11 is 0. The first-order chi connectivity index (χ1) is 11.2. The number of amides is 1. The van der Waals surface area contributed by atoms with E-state index >= 15 is 0 Å². The van der Waals surface area contributed by atoms with E-state index in [1.54, 1.807) is 52.1 Å². The number of carbonyl (C=O) groups excluding carboxylic acids is 2. The minimum atomic E-state index is -0.837. The van der Waals surface area contributed by atoms with Gasteiger partial charge in [-0.05, 0) is 44.9 Å². The van der Waals surface area contributed by atoms with Gasteiger partial charge in [-0.2, -0.15) is 0 Å². The lowest BCUT2D eigenvalue weighted by molar-refractivity contribution is -0.147. The first kappa shape index (κ1) is 19.5. The summed E-state index contributed by atoms with van der Waals surface area (Å²) in [6.07, 6.45) is 1.12. The van der Waals surface area contributed by atoms with Crippen LogP contribution in [-0.2, 0) is 20.9 Å². The minimum Gasteiger partial charge on any atom is -0.497 e. The van der Waals surface area contributed by atoms with Gasteiger partial charge in [-0.25, -0.2) is 9.59 Å². The summed E-state index contributed by atoms with van der Waals surface area (Å²) in [7, 11) is 1.58. The van der Waals surface area contributed by atoms with E-state index in [9.17, 15) is 9.59 Å². The molecule has 0 aliphatic rings. The Morgan fingerprint density at radius 1 is 1.25 bits per heavy atom. The molecule has 1 rings (SSSR count). The van der Waals surface area contributed by atoms with Crippen molar-refractivity contribution < 1.29 is 23.8 Å². The molecule has 0 aliphatic heterocycles. The van der Waals surface area contributed by atoms with Crippen LogP contribution in [0.4, 0.5) is 4.79 Å². The average molecular weight is 335 g/mol. The second-order valence-corrected chi connectivity index (χ2v) is 6.18. The number of hydrogen-bond donors (Lipinski definition) is 1. The number of benzene rings is 1. The van der Waals surface area contributed by atoms with Gasteiger partial charge in [0, 0.05) is 0 Å². The van der Waals surface area contributed by atoms with Gasteiger partial charge in [-0.3, -0.25) is 0 Å². The smallest absolute Gasteiger partial charge is 0.408 e. The molecule has 1 aromatic carbocycles. The fraction of sp³-hybridized carbons (Fsp3) is 0.444. The third kappa shape index (κ3) is 7.17. The van der Waals surface area contributed by atoms with Crippen LogP contribution in [0.15, 0.2) is 36.9 Å². The maximum Gasteiger partial charge on any atom is 0.408 e. The Kier molecular flexibility index (Phi) is 7.30. The van der Waals surface area contributed by atoms with Crippen LogP contribution >= 0.6 is 0 Å². The SMILES string of the molecule is C=CCC(NC(=O)OC(C)(C)C)C(=O)OCc1ccc(OC)cc1. The topological polar surface area (TPSA) is 73.9 Å². The second-order valence-electron chi connectivity index (χ2n) is 6.18. The van der Waals surface area contributed by atoms with Crippen molar-refractivity contribution in [3.8, 4) is 5.75 Å². The molecule has 0 bridgehead atoms. The van der Waals surface area contributed by atoms with Crippen molar-refractivity contribution in [1.29, 1.82) is 0 Å². The lowest BCUT2D eigenvalue weighted by atomic mass is 10.2. The number of esters is 1. The van der Waals surface area contributed by atoms with Crippen LogP contribution in [0.1, 0.15) is 32.8 Å². The van der Waals surface area contributed by atoms with Crippen molar-refractivity contribution in [3.63, 3.8) is 0 Å². The van der Waals surface area contributed by atoms with Crippen molar-refractivity contribution in [2.45, 2.75) is 45.4 Å². The van der Waals surface area contributed by atoms with Crippen LogP contribution < -0.4 is 10.1 Å². The van der Waals surface area contributed by atoms with E-state index in [2.05, 4.69) is 11.9 Å². The van der Waals surface area contributed by atoms with Gasteiger partial charge in [-0.15, -0.1) is 6.58 Å². The van der Waals surface area contributed by atoms with E-state index in [1.807, 2.05) is 0 Å². The number of carbonyl (C=O) groups is 2. The molecule has 1 atom stereocenters. The largest absolute Gasteiger partial charge is 0.497 e. The Hall–Kier alpha value is -2.50. The van der Waals surface area contributed by atoms with E-state index in [0.29, 0.717) is 0 Å². The molecule has 0 radical (unpaired) electrons. The van der Waals surface area contributed by atoms with Crippen LogP contribution in [-0.4, -0.2) is 30.8 Å². The predicted molar refractivity (Wildman–Crippen MR) is 90.8 cm³/mol. The number of hydrogen-bond acceptors (Lipinski definition) is 5. The zero-order valence-corrected chi connectivity index (χ0v) is 14.6. The quantitative estimate of drug-likeness (QED) is 0.612. The van der Waals surface area contributed by atoms with Crippen molar-refractivity contribution in [1.82, 2.24) is 5.32 Å². The van der Waals surface area contributed by atoms with Gasteiger partial charge in [0.1, 0.15) is 24.0 Å². The maximum atomic E-state index is 12.2. The normalized spacial score (nSPS) is 12.0. The number of nitrogens with one attached hydrogen (secondary N) is 1. The molecule has 0 aromatic heterocycles. The molecule has 1 aromatic rings. The van der Waals surface area contributed by atoms with Crippen molar-refractivity contribution in [3.05, 3.63) is 42.5 Å². The molecule has 1 N–H and O–H groups in total. The van der Waals surface area contributed by atoms with Crippen molar-refractivity contribution in [2.24, 2.45) is 0 Å². The Morgan fingerprint density at radius 3 is 2.38 bits per heavy atom. The minimum absolute atomic E-state index is 0.104. The number of ether oxygens (including phenoxy) is 3. The van der Waals surface area contributed by atoms with Crippen molar-refractivity contribution >= 4 is 12.1 Å². The summed E-state index contributed by atoms with van der Waals surface area (Å²) in [4.78, 5) is 24.0. The standard InChI is InChI=1S/C18H25NO5/c1-6-7-15(19-17(21)24-18(2,3)4)16(20)23-12-13-8-10-14(22-5)11-9-13/h6,8-11,15H,1,7,12H2,2-5H3,(H,19,21). The van der Waals surface area contributed by atoms with Gasteiger partial charge in [-0.1, -0.05) is 18.2 Å². The Bertz CT molecular complexity index is 560. The van der Waals surface area contributed by atoms with Crippen LogP contribution in [0, 0.1) is 0 Å². The summed E-state index contributed by atoms with van der Waals surface area (Å²) in [5.41, 5.74) is 0.175. The summed E-state index contributed by atoms with van der Waals surface area (Å²) in [5, 5.41) is 2.50. The fourth-order valence-corrected chi connectivity index (χ4v) is 1.81. The zero-order chi connectivity index (χ0) is 18.2. The van der Waals surface area contributed by atoms with E-state index < -0.39 is 23.7 Å². The number of alkyl carbamates (subject to hydrolysis) is 1. The molecular weight excluding hydrogens is 310 g/mol. The van der Waals surface area contributed by atoms with Gasteiger partial charge in [0.05, 0.1) is 7.11 Å². The number of methoxy groups -OCH3 is 1. The molecule has 1 amide bonds. The summed E-state index contributed by atoms with van der Waals surface area (Å²) < 4.78 is 15.5. The average Bonchev–Trinajstić information content (AvgIpc) is 2.51. The molecule has 0 spiro atoms. The fourth-order valence-electron chi connectivity index (χ4n) is 1.81. The van der Waals surface area contributed by atoms with Gasteiger partial charge in [0.15, 0.2) is 0 Å². The molecule has 0 fully saturated rings. The van der Waals surface area contributed by atoms with Crippen LogP contribution in [0.25, 0.3) is 0 Å². The highest BCUT2D eigenvalue weighted by Crippen LogP contribution is 2.13. The zero-order valence-electron chi connectivity index (χ0n) is 14.6. The lowest BCUT2D eigenvalue weighted by Crippen LogP contribution is -2.44. The summed E-state index contributed by atoms with van der Waals surface area (Å²) in [5.74, 6) is 0.179. The van der Waals surface area contributed by atoms with Crippen molar-refractivity contribution in [2.75, 3.05) is 7.11 Å². The van der Waals surface area contributed by atoms with E-state index in [0.717, 1.165) is 11.3 Å². The summed E-state index contributed by atoms with van der Waals surface area (Å²) in [6.45, 7) is 8.93. The maximum absolute atomic E-state index is 12.2. The highest BCUT2D eigenvalue weighted by Gasteiger charge is 2.24. The van der Waals surface area contributed by atoms with Gasteiger partial charge < -0.3 is 19.5 Å². The Balaban J connectivity index is 2.58. The third-order valence-electron chi connectivity index (χ3n) is 2.92. The molecule has 132 valence electrons. The van der Waals surface area contributed by atoms with Crippen LogP contribution in [0.5, 0.6) is 5.75 Å². The molecule has 6 heteroatoms. The summed E-state index contributed by atoms with van der Waals surface area (Å²) in [6, 6.07) is 6.33. The van der Waals surface area contributed by atoms with Crippen LogP contribution in [0.2, 0.25) is 0 Å². The first-order valence-electron chi connectivity index (χ1n) is 7.65. The highest BCUT2D eigenvalue weighted by atomic mass is 16.6. The van der Waals surface area contributed by atoms with Gasteiger partial charge >= 0.3 is 12.1 Å². The Morgan fingerprint density at radius 2 is 1.88 bits per heavy atom. The van der Waals surface area contributed by atoms with E-state index in [1.165, 1.54) is 6.08 Å². The van der Waals surface area contributed by atoms with E-state index in [4.69, 9.17) is 14.2 Å². The van der Waals surface area contributed by atoms with Gasteiger partial charge in [0.25, 0.3) is 0 Å². The Labute approximate surface area is 142 Å². The molecule has 6 nitrogen and oxygen atoms in total. The second kappa shape index (κ2) is 8.96. The number of rotatable bonds is 7. The molecule has 0 aliphatic carbocycles. The molecule has 24 heavy (non-hydrogen) atoms. The lowest BCUT2D eigenvalue weighted by Gasteiger charge is -2.22.